The molecule has 0 aliphatic heterocycles. The minimum absolute atomic E-state index is 0.0173. The Morgan fingerprint density at radius 3 is 2.44 bits per heavy atom. The van der Waals surface area contributed by atoms with Crippen LogP contribution in [0.25, 0.3) is 11.5 Å². The lowest BCUT2D eigenvalue weighted by atomic mass is 10.2. The van der Waals surface area contributed by atoms with Gasteiger partial charge in [0.15, 0.2) is 9.84 Å². The van der Waals surface area contributed by atoms with Crippen LogP contribution < -0.4 is 5.32 Å². The fourth-order valence-corrected chi connectivity index (χ4v) is 3.57. The van der Waals surface area contributed by atoms with Crippen LogP contribution in [0, 0.1) is 0 Å². The first-order valence-electron chi connectivity index (χ1n) is 7.73. The van der Waals surface area contributed by atoms with Crippen molar-refractivity contribution >= 4 is 45.0 Å². The van der Waals surface area contributed by atoms with Crippen molar-refractivity contribution in [3.63, 3.8) is 0 Å². The van der Waals surface area contributed by atoms with E-state index in [9.17, 15) is 13.2 Å². The molecule has 10 heteroatoms. The quantitative estimate of drug-likeness (QED) is 0.660. The van der Waals surface area contributed by atoms with Crippen LogP contribution in [0.3, 0.4) is 0 Å². The molecule has 0 saturated carbocycles. The summed E-state index contributed by atoms with van der Waals surface area (Å²) >= 11 is 11.9. The Bertz CT molecular complexity index is 1100. The fraction of sp³-hybridized carbons (Fsp3) is 0.118. The van der Waals surface area contributed by atoms with Gasteiger partial charge >= 0.3 is 6.01 Å². The van der Waals surface area contributed by atoms with E-state index in [1.54, 1.807) is 19.1 Å². The molecule has 2 aromatic carbocycles. The molecular formula is C17H13Cl2N3O4S. The minimum atomic E-state index is -3.33. The average Bonchev–Trinajstić information content (AvgIpc) is 3.10. The smallest absolute Gasteiger partial charge is 0.322 e. The lowest BCUT2D eigenvalue weighted by Gasteiger charge is -2.04. The summed E-state index contributed by atoms with van der Waals surface area (Å²) in [5, 5.41) is 10.8. The molecular weight excluding hydrogens is 413 g/mol. The van der Waals surface area contributed by atoms with Crippen molar-refractivity contribution in [2.24, 2.45) is 0 Å². The maximum Gasteiger partial charge on any atom is 0.322 e. The topological polar surface area (TPSA) is 102 Å². The van der Waals surface area contributed by atoms with Crippen LogP contribution in [0.15, 0.2) is 51.8 Å². The van der Waals surface area contributed by atoms with Crippen LogP contribution in [-0.2, 0) is 9.84 Å². The summed E-state index contributed by atoms with van der Waals surface area (Å²) in [6.07, 6.45) is 0. The third kappa shape index (κ3) is 4.29. The first-order valence-corrected chi connectivity index (χ1v) is 10.1. The summed E-state index contributed by atoms with van der Waals surface area (Å²) in [5.74, 6) is -0.416. The Hall–Kier alpha value is -2.42. The van der Waals surface area contributed by atoms with E-state index in [2.05, 4.69) is 15.5 Å². The number of carbonyl (C=O) groups excluding carboxylic acids is 1. The van der Waals surface area contributed by atoms with Gasteiger partial charge in [-0.3, -0.25) is 10.1 Å². The number of hydrogen-bond donors (Lipinski definition) is 1. The molecule has 3 rings (SSSR count). The van der Waals surface area contributed by atoms with Gasteiger partial charge in [-0.1, -0.05) is 35.2 Å². The monoisotopic (exact) mass is 425 g/mol. The van der Waals surface area contributed by atoms with Crippen molar-refractivity contribution in [1.82, 2.24) is 10.2 Å². The minimum Gasteiger partial charge on any atom is -0.403 e. The first-order chi connectivity index (χ1) is 12.8. The van der Waals surface area contributed by atoms with Crippen molar-refractivity contribution in [3.05, 3.63) is 58.1 Å². The summed E-state index contributed by atoms with van der Waals surface area (Å²) in [6.45, 7) is 1.55. The number of anilines is 1. The van der Waals surface area contributed by atoms with Crippen LogP contribution in [0.1, 0.15) is 17.3 Å². The number of rotatable bonds is 5. The highest BCUT2D eigenvalue weighted by Gasteiger charge is 2.16. The summed E-state index contributed by atoms with van der Waals surface area (Å²) in [4.78, 5) is 12.4. The van der Waals surface area contributed by atoms with E-state index in [0.717, 1.165) is 0 Å². The highest BCUT2D eigenvalue weighted by Crippen LogP contribution is 2.30. The number of nitrogens with one attached hydrogen (secondary N) is 1. The number of aromatic nitrogens is 2. The summed E-state index contributed by atoms with van der Waals surface area (Å²) in [7, 11) is -3.33. The van der Waals surface area contributed by atoms with Crippen molar-refractivity contribution in [3.8, 4) is 11.5 Å². The zero-order chi connectivity index (χ0) is 19.6. The molecule has 3 aromatic rings. The Morgan fingerprint density at radius 1 is 1.11 bits per heavy atom. The lowest BCUT2D eigenvalue weighted by molar-refractivity contribution is 0.102. The molecule has 0 atom stereocenters. The normalized spacial score (nSPS) is 11.4. The number of hydrogen-bond acceptors (Lipinski definition) is 6. The molecule has 140 valence electrons. The molecule has 27 heavy (non-hydrogen) atoms. The van der Waals surface area contributed by atoms with E-state index in [-0.39, 0.29) is 28.1 Å². The van der Waals surface area contributed by atoms with E-state index in [1.807, 2.05) is 0 Å². The maximum atomic E-state index is 12.3. The van der Waals surface area contributed by atoms with E-state index in [4.69, 9.17) is 27.6 Å². The van der Waals surface area contributed by atoms with Crippen molar-refractivity contribution in [2.75, 3.05) is 11.1 Å². The zero-order valence-corrected chi connectivity index (χ0v) is 16.3. The molecule has 0 spiro atoms. The number of sulfone groups is 1. The number of halogens is 2. The van der Waals surface area contributed by atoms with Gasteiger partial charge in [-0.2, -0.15) is 0 Å². The van der Waals surface area contributed by atoms with Crippen molar-refractivity contribution in [2.45, 2.75) is 11.8 Å². The predicted octanol–water partition coefficient (Wildman–Crippen LogP) is 4.09. The molecule has 0 bridgehead atoms. The third-order valence-corrected chi connectivity index (χ3v) is 5.96. The standard InChI is InChI=1S/C17H13Cl2N3O4S/c1-2-27(24,25)12-6-3-10(4-7-12)15(23)20-17-22-21-16(26-17)13-8-5-11(18)9-14(13)19/h3-9H,2H2,1H3,(H,20,22,23). The second-order valence-corrected chi connectivity index (χ2v) is 8.54. The largest absolute Gasteiger partial charge is 0.403 e. The van der Waals surface area contributed by atoms with Gasteiger partial charge in [0, 0.05) is 10.6 Å². The van der Waals surface area contributed by atoms with Gasteiger partial charge < -0.3 is 4.42 Å². The average molecular weight is 426 g/mol. The van der Waals surface area contributed by atoms with E-state index < -0.39 is 15.7 Å². The zero-order valence-electron chi connectivity index (χ0n) is 13.9. The van der Waals surface area contributed by atoms with Crippen LogP contribution in [-0.4, -0.2) is 30.3 Å². The van der Waals surface area contributed by atoms with Crippen LogP contribution in [0.2, 0.25) is 10.0 Å². The maximum absolute atomic E-state index is 12.3. The molecule has 1 aromatic heterocycles. The number of carbonyl (C=O) groups is 1. The molecule has 1 amide bonds. The molecule has 7 nitrogen and oxygen atoms in total. The Morgan fingerprint density at radius 2 is 1.81 bits per heavy atom. The highest BCUT2D eigenvalue weighted by molar-refractivity contribution is 7.91. The van der Waals surface area contributed by atoms with Gasteiger partial charge in [-0.25, -0.2) is 8.42 Å². The molecule has 0 radical (unpaired) electrons. The van der Waals surface area contributed by atoms with Crippen LogP contribution >= 0.6 is 23.2 Å². The SMILES string of the molecule is CCS(=O)(=O)c1ccc(C(=O)Nc2nnc(-c3ccc(Cl)cc3Cl)o2)cc1. The summed E-state index contributed by atoms with van der Waals surface area (Å²) in [5.41, 5.74) is 0.720. The second-order valence-electron chi connectivity index (χ2n) is 5.42. The summed E-state index contributed by atoms with van der Waals surface area (Å²) in [6, 6.07) is 10.2. The van der Waals surface area contributed by atoms with Crippen LogP contribution in [0.5, 0.6) is 0 Å². The molecule has 0 fully saturated rings. The van der Waals surface area contributed by atoms with Gasteiger partial charge in [0.05, 0.1) is 21.2 Å². The first kappa shape index (κ1) is 19.3. The highest BCUT2D eigenvalue weighted by atomic mass is 35.5. The van der Waals surface area contributed by atoms with Gasteiger partial charge in [-0.15, -0.1) is 5.10 Å². The van der Waals surface area contributed by atoms with E-state index in [1.165, 1.54) is 30.3 Å². The van der Waals surface area contributed by atoms with E-state index >= 15 is 0 Å². The van der Waals surface area contributed by atoms with E-state index in [0.29, 0.717) is 15.6 Å². The molecule has 0 aliphatic rings. The van der Waals surface area contributed by atoms with Gasteiger partial charge in [0.25, 0.3) is 11.8 Å². The second kappa shape index (κ2) is 7.67. The van der Waals surface area contributed by atoms with Gasteiger partial charge in [0.1, 0.15) is 0 Å². The van der Waals surface area contributed by atoms with Crippen molar-refractivity contribution in [1.29, 1.82) is 0 Å². The van der Waals surface area contributed by atoms with Gasteiger partial charge in [-0.05, 0) is 42.5 Å². The number of amides is 1. The molecule has 1 heterocycles. The Labute approximate surface area is 165 Å². The lowest BCUT2D eigenvalue weighted by Crippen LogP contribution is -2.12. The Kier molecular flexibility index (Phi) is 5.50. The summed E-state index contributed by atoms with van der Waals surface area (Å²) < 4.78 is 29.0. The number of benzene rings is 2. The Balaban J connectivity index is 1.76. The van der Waals surface area contributed by atoms with Crippen molar-refractivity contribution < 1.29 is 17.6 Å². The fourth-order valence-electron chi connectivity index (χ4n) is 2.20. The third-order valence-electron chi connectivity index (χ3n) is 3.66. The number of nitrogens with zero attached hydrogens (tertiary/aromatic N) is 2. The molecule has 0 aliphatic carbocycles. The molecule has 1 N–H and O–H groups in total. The predicted molar refractivity (Wildman–Crippen MR) is 102 cm³/mol. The van der Waals surface area contributed by atoms with Gasteiger partial charge in [0.2, 0.25) is 0 Å². The van der Waals surface area contributed by atoms with Crippen LogP contribution in [0.4, 0.5) is 6.01 Å². The molecule has 0 unspecified atom stereocenters. The molecule has 0 saturated heterocycles.